The number of carbonyl (C=O) groups is 2. The molecule has 1 aromatic carbocycles. The number of rotatable bonds is 4. The number of carbonyl (C=O) groups excluding carboxylic acids is 1. The smallest absolute Gasteiger partial charge is 0.306 e. The fourth-order valence-electron chi connectivity index (χ4n) is 3.35. The number of aliphatic carboxylic acids is 1. The molecule has 22 heavy (non-hydrogen) atoms. The SMILES string of the molecule is O=C(O)C1CCC(NC(=O)C2(c3ccc(F)cc3)CC2)CC1. The van der Waals surface area contributed by atoms with Gasteiger partial charge in [0.15, 0.2) is 0 Å². The quantitative estimate of drug-likeness (QED) is 0.898. The second-order valence-electron chi connectivity index (χ2n) is 6.45. The van der Waals surface area contributed by atoms with Crippen LogP contribution in [0, 0.1) is 11.7 Å². The molecule has 0 spiro atoms. The largest absolute Gasteiger partial charge is 0.481 e. The molecule has 2 aliphatic carbocycles. The lowest BCUT2D eigenvalue weighted by Crippen LogP contribution is -2.43. The van der Waals surface area contributed by atoms with Crippen LogP contribution in [0.5, 0.6) is 0 Å². The average Bonchev–Trinajstić information content (AvgIpc) is 3.30. The minimum absolute atomic E-state index is 0.00196. The number of carboxylic acids is 1. The van der Waals surface area contributed by atoms with Crippen LogP contribution in [0.3, 0.4) is 0 Å². The number of amides is 1. The minimum atomic E-state index is -0.741. The number of halogens is 1. The lowest BCUT2D eigenvalue weighted by Gasteiger charge is -2.28. The number of hydrogen-bond acceptors (Lipinski definition) is 2. The Hall–Kier alpha value is -1.91. The summed E-state index contributed by atoms with van der Waals surface area (Å²) in [6.07, 6.45) is 4.22. The van der Waals surface area contributed by atoms with Crippen molar-refractivity contribution in [3.05, 3.63) is 35.6 Å². The van der Waals surface area contributed by atoms with Gasteiger partial charge in [0.05, 0.1) is 11.3 Å². The Bertz CT molecular complexity index is 572. The number of carboxylic acid groups (broad SMARTS) is 1. The van der Waals surface area contributed by atoms with E-state index in [1.54, 1.807) is 12.1 Å². The van der Waals surface area contributed by atoms with E-state index in [9.17, 15) is 14.0 Å². The maximum absolute atomic E-state index is 13.0. The molecule has 118 valence electrons. The molecule has 0 saturated heterocycles. The highest BCUT2D eigenvalue weighted by atomic mass is 19.1. The van der Waals surface area contributed by atoms with Crippen LogP contribution in [-0.2, 0) is 15.0 Å². The molecule has 2 saturated carbocycles. The maximum atomic E-state index is 13.0. The Morgan fingerprint density at radius 3 is 2.18 bits per heavy atom. The summed E-state index contributed by atoms with van der Waals surface area (Å²) >= 11 is 0. The molecule has 2 N–H and O–H groups in total. The van der Waals surface area contributed by atoms with E-state index in [1.165, 1.54) is 12.1 Å². The molecule has 5 heteroatoms. The Morgan fingerprint density at radius 2 is 1.68 bits per heavy atom. The fourth-order valence-corrected chi connectivity index (χ4v) is 3.35. The Labute approximate surface area is 128 Å². The molecular formula is C17H20FNO3. The lowest BCUT2D eigenvalue weighted by atomic mass is 9.85. The van der Waals surface area contributed by atoms with Crippen molar-refractivity contribution < 1.29 is 19.1 Å². The van der Waals surface area contributed by atoms with Gasteiger partial charge in [-0.05, 0) is 56.2 Å². The first-order chi connectivity index (χ1) is 10.5. The van der Waals surface area contributed by atoms with Gasteiger partial charge in [0.2, 0.25) is 5.91 Å². The van der Waals surface area contributed by atoms with E-state index in [0.29, 0.717) is 25.7 Å². The molecule has 2 fully saturated rings. The Balaban J connectivity index is 1.61. The van der Waals surface area contributed by atoms with Crippen LogP contribution < -0.4 is 5.32 Å². The molecule has 0 heterocycles. The van der Waals surface area contributed by atoms with Crippen molar-refractivity contribution in [3.63, 3.8) is 0 Å². The van der Waals surface area contributed by atoms with Crippen LogP contribution in [0.15, 0.2) is 24.3 Å². The van der Waals surface area contributed by atoms with Gasteiger partial charge >= 0.3 is 5.97 Å². The molecule has 0 unspecified atom stereocenters. The normalized spacial score (nSPS) is 26.2. The van der Waals surface area contributed by atoms with Gasteiger partial charge in [-0.25, -0.2) is 4.39 Å². The van der Waals surface area contributed by atoms with Gasteiger partial charge in [-0.15, -0.1) is 0 Å². The van der Waals surface area contributed by atoms with Gasteiger partial charge < -0.3 is 10.4 Å². The molecule has 1 aromatic rings. The highest BCUT2D eigenvalue weighted by Crippen LogP contribution is 2.48. The summed E-state index contributed by atoms with van der Waals surface area (Å²) in [5, 5.41) is 12.1. The van der Waals surface area contributed by atoms with E-state index < -0.39 is 11.4 Å². The Kier molecular flexibility index (Phi) is 3.89. The van der Waals surface area contributed by atoms with Crippen LogP contribution in [-0.4, -0.2) is 23.0 Å². The second kappa shape index (κ2) is 5.71. The second-order valence-corrected chi connectivity index (χ2v) is 6.45. The number of benzene rings is 1. The monoisotopic (exact) mass is 305 g/mol. The summed E-state index contributed by atoms with van der Waals surface area (Å²) in [5.74, 6) is -1.32. The summed E-state index contributed by atoms with van der Waals surface area (Å²) in [6.45, 7) is 0. The average molecular weight is 305 g/mol. The summed E-state index contributed by atoms with van der Waals surface area (Å²) in [7, 11) is 0. The first-order valence-electron chi connectivity index (χ1n) is 7.81. The van der Waals surface area contributed by atoms with Gasteiger partial charge in [-0.3, -0.25) is 9.59 Å². The molecule has 1 amide bonds. The van der Waals surface area contributed by atoms with Crippen molar-refractivity contribution in [1.82, 2.24) is 5.32 Å². The summed E-state index contributed by atoms with van der Waals surface area (Å²) in [5.41, 5.74) is 0.364. The molecule has 0 aromatic heterocycles. The number of hydrogen-bond donors (Lipinski definition) is 2. The molecule has 0 atom stereocenters. The highest BCUT2D eigenvalue weighted by molar-refractivity contribution is 5.91. The van der Waals surface area contributed by atoms with Crippen LogP contribution in [0.1, 0.15) is 44.1 Å². The predicted molar refractivity (Wildman–Crippen MR) is 78.8 cm³/mol. The van der Waals surface area contributed by atoms with E-state index in [0.717, 1.165) is 18.4 Å². The first kappa shape index (κ1) is 15.0. The summed E-state index contributed by atoms with van der Waals surface area (Å²) < 4.78 is 13.0. The van der Waals surface area contributed by atoms with E-state index in [-0.39, 0.29) is 23.7 Å². The predicted octanol–water partition coefficient (Wildman–Crippen LogP) is 2.62. The Morgan fingerprint density at radius 1 is 1.09 bits per heavy atom. The van der Waals surface area contributed by atoms with Gasteiger partial charge in [0.1, 0.15) is 5.82 Å². The summed E-state index contributed by atoms with van der Waals surface area (Å²) in [4.78, 5) is 23.5. The number of nitrogens with one attached hydrogen (secondary N) is 1. The van der Waals surface area contributed by atoms with Gasteiger partial charge in [-0.2, -0.15) is 0 Å². The third kappa shape index (κ3) is 2.85. The topological polar surface area (TPSA) is 66.4 Å². The van der Waals surface area contributed by atoms with Crippen molar-refractivity contribution in [2.45, 2.75) is 50.0 Å². The zero-order chi connectivity index (χ0) is 15.7. The lowest BCUT2D eigenvalue weighted by molar-refractivity contribution is -0.142. The zero-order valence-electron chi connectivity index (χ0n) is 12.3. The van der Waals surface area contributed by atoms with Gasteiger partial charge in [0.25, 0.3) is 0 Å². The highest BCUT2D eigenvalue weighted by Gasteiger charge is 2.51. The molecular weight excluding hydrogens is 285 g/mol. The van der Waals surface area contributed by atoms with Crippen molar-refractivity contribution in [2.75, 3.05) is 0 Å². The van der Waals surface area contributed by atoms with Crippen LogP contribution in [0.25, 0.3) is 0 Å². The van der Waals surface area contributed by atoms with Gasteiger partial charge in [-0.1, -0.05) is 12.1 Å². The molecule has 0 aliphatic heterocycles. The minimum Gasteiger partial charge on any atom is -0.481 e. The van der Waals surface area contributed by atoms with Crippen LogP contribution >= 0.6 is 0 Å². The molecule has 0 bridgehead atoms. The molecule has 3 rings (SSSR count). The molecule has 2 aliphatic rings. The standard InChI is InChI=1S/C17H20FNO3/c18-13-5-3-12(4-6-13)17(9-10-17)16(22)19-14-7-1-11(2-8-14)15(20)21/h3-6,11,14H,1-2,7-10H2,(H,19,22)(H,20,21). The third-order valence-electron chi connectivity index (χ3n) is 4.99. The van der Waals surface area contributed by atoms with Crippen molar-refractivity contribution in [3.8, 4) is 0 Å². The van der Waals surface area contributed by atoms with Crippen LogP contribution in [0.4, 0.5) is 4.39 Å². The first-order valence-corrected chi connectivity index (χ1v) is 7.81. The molecule has 4 nitrogen and oxygen atoms in total. The van der Waals surface area contributed by atoms with Crippen molar-refractivity contribution >= 4 is 11.9 Å². The van der Waals surface area contributed by atoms with E-state index in [4.69, 9.17) is 5.11 Å². The zero-order valence-corrected chi connectivity index (χ0v) is 12.3. The maximum Gasteiger partial charge on any atom is 0.306 e. The summed E-state index contributed by atoms with van der Waals surface area (Å²) in [6, 6.07) is 6.20. The molecule has 0 radical (unpaired) electrons. The van der Waals surface area contributed by atoms with Crippen molar-refractivity contribution in [2.24, 2.45) is 5.92 Å². The van der Waals surface area contributed by atoms with Crippen LogP contribution in [0.2, 0.25) is 0 Å². The fraction of sp³-hybridized carbons (Fsp3) is 0.529. The van der Waals surface area contributed by atoms with E-state index in [2.05, 4.69) is 5.32 Å². The van der Waals surface area contributed by atoms with Gasteiger partial charge in [0, 0.05) is 6.04 Å². The van der Waals surface area contributed by atoms with E-state index in [1.807, 2.05) is 0 Å². The van der Waals surface area contributed by atoms with Crippen molar-refractivity contribution in [1.29, 1.82) is 0 Å². The third-order valence-corrected chi connectivity index (χ3v) is 4.99. The van der Waals surface area contributed by atoms with E-state index >= 15 is 0 Å².